The third-order valence-electron chi connectivity index (χ3n) is 2.92. The van der Waals surface area contributed by atoms with Gasteiger partial charge in [0.15, 0.2) is 0 Å². The van der Waals surface area contributed by atoms with E-state index >= 15 is 0 Å². The summed E-state index contributed by atoms with van der Waals surface area (Å²) in [6.45, 7) is 2.92. The van der Waals surface area contributed by atoms with Crippen LogP contribution in [0.2, 0.25) is 0 Å². The molecule has 146 valence electrons. The smallest absolute Gasteiger partial charge is 0.490 e. The minimum absolute atomic E-state index is 0.238. The van der Waals surface area contributed by atoms with E-state index in [-0.39, 0.29) is 5.56 Å². The fourth-order valence-electron chi connectivity index (χ4n) is 1.79. The Kier molecular flexibility index (Phi) is 8.05. The molecule has 2 rings (SSSR count). The second-order valence-corrected chi connectivity index (χ2v) is 5.15. The number of nitrogens with one attached hydrogen (secondary N) is 1. The van der Waals surface area contributed by atoms with Crippen LogP contribution in [0.3, 0.4) is 0 Å². The number of anilines is 1. The number of alkyl halides is 3. The number of aromatic nitrogens is 1. The Bertz CT molecular complexity index is 767. The molecule has 1 heterocycles. The van der Waals surface area contributed by atoms with Gasteiger partial charge in [-0.3, -0.25) is 4.98 Å². The number of aromatic carboxylic acids is 1. The van der Waals surface area contributed by atoms with Crippen molar-refractivity contribution in [2.45, 2.75) is 13.1 Å². The Hall–Kier alpha value is -3.30. The van der Waals surface area contributed by atoms with Gasteiger partial charge in [-0.05, 0) is 42.8 Å². The van der Waals surface area contributed by atoms with Gasteiger partial charge in [-0.25, -0.2) is 9.59 Å². The molecular weight excluding hydrogens is 369 g/mol. The highest BCUT2D eigenvalue weighted by Gasteiger charge is 2.38. The van der Waals surface area contributed by atoms with E-state index in [0.717, 1.165) is 11.3 Å². The summed E-state index contributed by atoms with van der Waals surface area (Å²) in [5.74, 6) is -3.14. The van der Waals surface area contributed by atoms with E-state index < -0.39 is 18.1 Å². The largest absolute Gasteiger partial charge is 0.492 e. The zero-order valence-electron chi connectivity index (χ0n) is 14.2. The van der Waals surface area contributed by atoms with E-state index in [4.69, 9.17) is 19.7 Å². The molecule has 0 aliphatic heterocycles. The third-order valence-corrected chi connectivity index (χ3v) is 2.92. The summed E-state index contributed by atoms with van der Waals surface area (Å²) in [5.41, 5.74) is 2.07. The molecule has 0 aliphatic carbocycles. The SMILES string of the molecule is Cc1cc(OCCNc2ccncc2)cc(C(=O)O)c1.O=C(O)C(F)(F)F. The highest BCUT2D eigenvalue weighted by atomic mass is 19.4. The Morgan fingerprint density at radius 1 is 1.15 bits per heavy atom. The van der Waals surface area contributed by atoms with Gasteiger partial charge in [0.05, 0.1) is 5.56 Å². The number of ether oxygens (including phenoxy) is 1. The topological polar surface area (TPSA) is 109 Å². The number of carbonyl (C=O) groups is 2. The van der Waals surface area contributed by atoms with Crippen LogP contribution in [0.4, 0.5) is 18.9 Å². The summed E-state index contributed by atoms with van der Waals surface area (Å²) in [5, 5.41) is 19.3. The highest BCUT2D eigenvalue weighted by Crippen LogP contribution is 2.17. The molecule has 3 N–H and O–H groups in total. The van der Waals surface area contributed by atoms with Gasteiger partial charge >= 0.3 is 18.1 Å². The average molecular weight is 386 g/mol. The lowest BCUT2D eigenvalue weighted by Gasteiger charge is -2.09. The number of carboxylic acids is 2. The summed E-state index contributed by atoms with van der Waals surface area (Å²) >= 11 is 0. The first-order chi connectivity index (χ1) is 12.6. The predicted molar refractivity (Wildman–Crippen MR) is 90.1 cm³/mol. The summed E-state index contributed by atoms with van der Waals surface area (Å²) in [4.78, 5) is 23.8. The first-order valence-electron chi connectivity index (χ1n) is 7.51. The molecule has 0 unspecified atom stereocenters. The number of pyridine rings is 1. The van der Waals surface area contributed by atoms with Crippen molar-refractivity contribution in [1.82, 2.24) is 4.98 Å². The number of aliphatic carboxylic acids is 1. The van der Waals surface area contributed by atoms with E-state index in [2.05, 4.69) is 10.3 Å². The van der Waals surface area contributed by atoms with Crippen LogP contribution < -0.4 is 10.1 Å². The van der Waals surface area contributed by atoms with Gasteiger partial charge in [-0.1, -0.05) is 0 Å². The van der Waals surface area contributed by atoms with Crippen molar-refractivity contribution in [3.8, 4) is 5.75 Å². The van der Waals surface area contributed by atoms with Gasteiger partial charge < -0.3 is 20.3 Å². The van der Waals surface area contributed by atoms with Crippen LogP contribution in [0.15, 0.2) is 42.7 Å². The number of aryl methyl sites for hydroxylation is 1. The lowest BCUT2D eigenvalue weighted by atomic mass is 10.1. The molecule has 7 nitrogen and oxygen atoms in total. The van der Waals surface area contributed by atoms with E-state index in [1.807, 2.05) is 25.1 Å². The molecule has 0 spiro atoms. The molecule has 27 heavy (non-hydrogen) atoms. The van der Waals surface area contributed by atoms with Crippen molar-refractivity contribution < 1.29 is 37.7 Å². The van der Waals surface area contributed by atoms with E-state index in [1.165, 1.54) is 6.07 Å². The molecule has 0 amide bonds. The van der Waals surface area contributed by atoms with Crippen LogP contribution in [0.5, 0.6) is 5.75 Å². The predicted octanol–water partition coefficient (Wildman–Crippen LogP) is 3.21. The lowest BCUT2D eigenvalue weighted by Crippen LogP contribution is -2.21. The molecule has 1 aromatic heterocycles. The van der Waals surface area contributed by atoms with Crippen LogP contribution in [0.25, 0.3) is 0 Å². The molecule has 0 fully saturated rings. The Labute approximate surface area is 152 Å². The van der Waals surface area contributed by atoms with Crippen molar-refractivity contribution >= 4 is 17.6 Å². The van der Waals surface area contributed by atoms with Crippen LogP contribution in [0, 0.1) is 6.92 Å². The lowest BCUT2D eigenvalue weighted by molar-refractivity contribution is -0.192. The van der Waals surface area contributed by atoms with Gasteiger partial charge in [0.1, 0.15) is 12.4 Å². The zero-order chi connectivity index (χ0) is 20.4. The van der Waals surface area contributed by atoms with Gasteiger partial charge in [-0.15, -0.1) is 0 Å². The highest BCUT2D eigenvalue weighted by molar-refractivity contribution is 5.88. The number of halogens is 3. The van der Waals surface area contributed by atoms with Gasteiger partial charge in [0.25, 0.3) is 0 Å². The van der Waals surface area contributed by atoms with Crippen molar-refractivity contribution in [1.29, 1.82) is 0 Å². The Morgan fingerprint density at radius 3 is 2.26 bits per heavy atom. The number of nitrogens with zero attached hydrogens (tertiary/aromatic N) is 1. The molecule has 0 radical (unpaired) electrons. The van der Waals surface area contributed by atoms with Crippen molar-refractivity contribution in [3.63, 3.8) is 0 Å². The van der Waals surface area contributed by atoms with Crippen LogP contribution >= 0.6 is 0 Å². The zero-order valence-corrected chi connectivity index (χ0v) is 14.2. The molecule has 0 saturated heterocycles. The van der Waals surface area contributed by atoms with Crippen LogP contribution in [-0.2, 0) is 4.79 Å². The summed E-state index contributed by atoms with van der Waals surface area (Å²) < 4.78 is 37.3. The normalized spacial score (nSPS) is 10.4. The van der Waals surface area contributed by atoms with Crippen molar-refractivity contribution in [3.05, 3.63) is 53.9 Å². The number of carboxylic acid groups (broad SMARTS) is 2. The minimum atomic E-state index is -5.08. The molecular formula is C17H17F3N2O5. The van der Waals surface area contributed by atoms with Gasteiger partial charge in [-0.2, -0.15) is 13.2 Å². The second-order valence-electron chi connectivity index (χ2n) is 5.15. The summed E-state index contributed by atoms with van der Waals surface area (Å²) in [7, 11) is 0. The third kappa shape index (κ3) is 8.56. The number of hydrogen-bond donors (Lipinski definition) is 3. The maximum absolute atomic E-state index is 10.9. The minimum Gasteiger partial charge on any atom is -0.492 e. The molecule has 1 aromatic carbocycles. The fraction of sp³-hybridized carbons (Fsp3) is 0.235. The fourth-order valence-corrected chi connectivity index (χ4v) is 1.79. The summed E-state index contributed by atoms with van der Waals surface area (Å²) in [6.07, 6.45) is -1.66. The van der Waals surface area contributed by atoms with Gasteiger partial charge in [0, 0.05) is 24.6 Å². The van der Waals surface area contributed by atoms with Crippen LogP contribution in [0.1, 0.15) is 15.9 Å². The van der Waals surface area contributed by atoms with Crippen molar-refractivity contribution in [2.75, 3.05) is 18.5 Å². The molecule has 10 heteroatoms. The van der Waals surface area contributed by atoms with Crippen molar-refractivity contribution in [2.24, 2.45) is 0 Å². The monoisotopic (exact) mass is 386 g/mol. The Balaban J connectivity index is 0.000000445. The molecule has 0 bridgehead atoms. The first-order valence-corrected chi connectivity index (χ1v) is 7.51. The van der Waals surface area contributed by atoms with Crippen LogP contribution in [-0.4, -0.2) is 46.5 Å². The number of hydrogen-bond acceptors (Lipinski definition) is 5. The Morgan fingerprint density at radius 2 is 1.74 bits per heavy atom. The quantitative estimate of drug-likeness (QED) is 0.654. The summed E-state index contributed by atoms with van der Waals surface area (Å²) in [6, 6.07) is 8.70. The van der Waals surface area contributed by atoms with E-state index in [9.17, 15) is 18.0 Å². The second kappa shape index (κ2) is 10.00. The van der Waals surface area contributed by atoms with E-state index in [0.29, 0.717) is 18.9 Å². The van der Waals surface area contributed by atoms with Gasteiger partial charge in [0.2, 0.25) is 0 Å². The molecule has 0 atom stereocenters. The maximum atomic E-state index is 10.9. The molecule has 0 saturated carbocycles. The molecule has 2 aromatic rings. The maximum Gasteiger partial charge on any atom is 0.490 e. The molecule has 0 aliphatic rings. The first kappa shape index (κ1) is 21.7. The van der Waals surface area contributed by atoms with E-state index in [1.54, 1.807) is 18.5 Å². The average Bonchev–Trinajstić information content (AvgIpc) is 2.59. The standard InChI is InChI=1S/C15H16N2O3.C2HF3O2/c1-11-8-12(15(18)19)10-14(9-11)20-7-6-17-13-2-4-16-5-3-13;3-2(4,5)1(6)7/h2-5,8-10H,6-7H2,1H3,(H,16,17)(H,18,19);(H,6,7). The number of benzene rings is 1. The number of rotatable bonds is 6.